The molecule has 0 spiro atoms. The van der Waals surface area contributed by atoms with Crippen LogP contribution < -0.4 is 10.1 Å². The third-order valence-electron chi connectivity index (χ3n) is 3.34. The zero-order chi connectivity index (χ0) is 15.2. The van der Waals surface area contributed by atoms with Crippen LogP contribution in [0.5, 0.6) is 5.75 Å². The summed E-state index contributed by atoms with van der Waals surface area (Å²) in [4.78, 5) is 12.2. The van der Waals surface area contributed by atoms with E-state index in [2.05, 4.69) is 5.32 Å². The molecule has 110 valence electrons. The highest BCUT2D eigenvalue weighted by Crippen LogP contribution is 2.20. The first-order valence-electron chi connectivity index (χ1n) is 6.84. The lowest BCUT2D eigenvalue weighted by molar-refractivity contribution is 0.0935. The summed E-state index contributed by atoms with van der Waals surface area (Å²) < 4.78 is 5.14. The number of halogens is 1. The summed E-state index contributed by atoms with van der Waals surface area (Å²) >= 11 is 5.83. The number of carbonyl (C=O) groups is 1. The van der Waals surface area contributed by atoms with Crippen molar-refractivity contribution >= 4 is 17.5 Å². The molecule has 0 radical (unpaired) electrons. The van der Waals surface area contributed by atoms with Crippen LogP contribution in [0.25, 0.3) is 0 Å². The number of ether oxygens (including phenoxy) is 1. The first-order chi connectivity index (χ1) is 10.1. The molecule has 2 aromatic rings. The molecule has 0 heterocycles. The first-order valence-corrected chi connectivity index (χ1v) is 7.22. The summed E-state index contributed by atoms with van der Waals surface area (Å²) in [5.41, 5.74) is 1.66. The highest BCUT2D eigenvalue weighted by atomic mass is 35.5. The maximum atomic E-state index is 12.2. The monoisotopic (exact) mass is 303 g/mol. The van der Waals surface area contributed by atoms with E-state index in [0.717, 1.165) is 17.7 Å². The number of hydrogen-bond donors (Lipinski definition) is 1. The lowest BCUT2D eigenvalue weighted by atomic mass is 10.0. The Morgan fingerprint density at radius 1 is 1.14 bits per heavy atom. The van der Waals surface area contributed by atoms with Crippen molar-refractivity contribution in [2.24, 2.45) is 0 Å². The Morgan fingerprint density at radius 3 is 2.29 bits per heavy atom. The molecule has 1 amide bonds. The number of rotatable bonds is 5. The van der Waals surface area contributed by atoms with Crippen molar-refractivity contribution in [3.05, 3.63) is 64.7 Å². The van der Waals surface area contributed by atoms with E-state index >= 15 is 0 Å². The summed E-state index contributed by atoms with van der Waals surface area (Å²) in [6.07, 6.45) is 0.811. The molecule has 0 unspecified atom stereocenters. The third kappa shape index (κ3) is 3.99. The second-order valence-corrected chi connectivity index (χ2v) is 5.15. The molecule has 3 nitrogen and oxygen atoms in total. The average Bonchev–Trinajstić information content (AvgIpc) is 2.53. The number of methoxy groups -OCH3 is 1. The van der Waals surface area contributed by atoms with E-state index in [9.17, 15) is 4.79 Å². The topological polar surface area (TPSA) is 38.3 Å². The molecular weight excluding hydrogens is 286 g/mol. The van der Waals surface area contributed by atoms with Gasteiger partial charge in [0.2, 0.25) is 0 Å². The number of hydrogen-bond acceptors (Lipinski definition) is 2. The summed E-state index contributed by atoms with van der Waals surface area (Å²) in [7, 11) is 1.63. The van der Waals surface area contributed by atoms with Gasteiger partial charge in [-0.1, -0.05) is 30.7 Å². The van der Waals surface area contributed by atoms with E-state index < -0.39 is 0 Å². The Bertz CT molecular complexity index is 593. The molecule has 0 saturated heterocycles. The Balaban J connectivity index is 2.10. The van der Waals surface area contributed by atoms with Gasteiger partial charge in [0.05, 0.1) is 13.2 Å². The van der Waals surface area contributed by atoms with Gasteiger partial charge < -0.3 is 10.1 Å². The van der Waals surface area contributed by atoms with Crippen LogP contribution in [0.2, 0.25) is 5.02 Å². The zero-order valence-electron chi connectivity index (χ0n) is 12.1. The van der Waals surface area contributed by atoms with E-state index in [0.29, 0.717) is 10.6 Å². The van der Waals surface area contributed by atoms with E-state index in [-0.39, 0.29) is 11.9 Å². The van der Waals surface area contributed by atoms with E-state index in [4.69, 9.17) is 16.3 Å². The van der Waals surface area contributed by atoms with Gasteiger partial charge in [-0.2, -0.15) is 0 Å². The Kier molecular flexibility index (Phi) is 5.23. The Morgan fingerprint density at radius 2 is 1.76 bits per heavy atom. The molecule has 0 saturated carbocycles. The van der Waals surface area contributed by atoms with Gasteiger partial charge in [0.25, 0.3) is 5.91 Å². The van der Waals surface area contributed by atoms with Gasteiger partial charge in [-0.25, -0.2) is 0 Å². The molecular formula is C17H18ClNO2. The lowest BCUT2D eigenvalue weighted by Crippen LogP contribution is -2.28. The van der Waals surface area contributed by atoms with Crippen LogP contribution in [0.1, 0.15) is 35.3 Å². The van der Waals surface area contributed by atoms with Crippen molar-refractivity contribution in [2.75, 3.05) is 7.11 Å². The van der Waals surface area contributed by atoms with Crippen molar-refractivity contribution in [1.82, 2.24) is 5.32 Å². The molecule has 0 aromatic heterocycles. The predicted octanol–water partition coefficient (Wildman–Crippen LogP) is 4.23. The van der Waals surface area contributed by atoms with Crippen LogP contribution in [0.4, 0.5) is 0 Å². The third-order valence-corrected chi connectivity index (χ3v) is 3.59. The van der Waals surface area contributed by atoms with Crippen molar-refractivity contribution < 1.29 is 9.53 Å². The van der Waals surface area contributed by atoms with Gasteiger partial charge in [0.1, 0.15) is 5.75 Å². The summed E-state index contributed by atoms with van der Waals surface area (Å²) in [6.45, 7) is 2.04. The van der Waals surface area contributed by atoms with Crippen molar-refractivity contribution in [3.8, 4) is 5.75 Å². The zero-order valence-corrected chi connectivity index (χ0v) is 12.9. The standard InChI is InChI=1S/C17H18ClNO2/c1-3-16(12-6-10-15(21-2)11-7-12)19-17(20)13-4-8-14(18)9-5-13/h4-11,16H,3H2,1-2H3,(H,19,20)/t16-/m0/s1. The van der Waals surface area contributed by atoms with E-state index in [1.54, 1.807) is 31.4 Å². The number of nitrogens with one attached hydrogen (secondary N) is 1. The van der Waals surface area contributed by atoms with Crippen LogP contribution in [0.3, 0.4) is 0 Å². The molecule has 2 aromatic carbocycles. The summed E-state index contributed by atoms with van der Waals surface area (Å²) in [5, 5.41) is 3.65. The van der Waals surface area contributed by atoms with E-state index in [1.165, 1.54) is 0 Å². The lowest BCUT2D eigenvalue weighted by Gasteiger charge is -2.18. The fourth-order valence-corrected chi connectivity index (χ4v) is 2.23. The molecule has 0 bridgehead atoms. The quantitative estimate of drug-likeness (QED) is 0.897. The molecule has 2 rings (SSSR count). The van der Waals surface area contributed by atoms with Gasteiger partial charge in [0.15, 0.2) is 0 Å². The fraction of sp³-hybridized carbons (Fsp3) is 0.235. The largest absolute Gasteiger partial charge is 0.497 e. The molecule has 1 N–H and O–H groups in total. The van der Waals surface area contributed by atoms with Crippen LogP contribution >= 0.6 is 11.6 Å². The van der Waals surface area contributed by atoms with E-state index in [1.807, 2.05) is 31.2 Å². The van der Waals surface area contributed by atoms with Crippen LogP contribution in [-0.2, 0) is 0 Å². The second kappa shape index (κ2) is 7.14. The predicted molar refractivity (Wildman–Crippen MR) is 84.9 cm³/mol. The number of amides is 1. The SMILES string of the molecule is CC[C@H](NC(=O)c1ccc(Cl)cc1)c1ccc(OC)cc1. The number of benzene rings is 2. The molecule has 0 fully saturated rings. The molecule has 0 aliphatic carbocycles. The van der Waals surface area contributed by atoms with Crippen molar-refractivity contribution in [1.29, 1.82) is 0 Å². The maximum Gasteiger partial charge on any atom is 0.251 e. The minimum Gasteiger partial charge on any atom is -0.497 e. The normalized spacial score (nSPS) is 11.8. The highest BCUT2D eigenvalue weighted by molar-refractivity contribution is 6.30. The highest BCUT2D eigenvalue weighted by Gasteiger charge is 2.14. The second-order valence-electron chi connectivity index (χ2n) is 4.71. The summed E-state index contributed by atoms with van der Waals surface area (Å²) in [6, 6.07) is 14.6. The molecule has 0 aliphatic rings. The fourth-order valence-electron chi connectivity index (χ4n) is 2.10. The maximum absolute atomic E-state index is 12.2. The van der Waals surface area contributed by atoms with Gasteiger partial charge in [-0.3, -0.25) is 4.79 Å². The van der Waals surface area contributed by atoms with Gasteiger partial charge in [-0.05, 0) is 48.4 Å². The molecule has 4 heteroatoms. The van der Waals surface area contributed by atoms with Crippen molar-refractivity contribution in [3.63, 3.8) is 0 Å². The molecule has 1 atom stereocenters. The van der Waals surface area contributed by atoms with Crippen LogP contribution in [-0.4, -0.2) is 13.0 Å². The molecule has 21 heavy (non-hydrogen) atoms. The van der Waals surface area contributed by atoms with Crippen molar-refractivity contribution in [2.45, 2.75) is 19.4 Å². The number of carbonyl (C=O) groups excluding carboxylic acids is 1. The van der Waals surface area contributed by atoms with Gasteiger partial charge in [0, 0.05) is 10.6 Å². The van der Waals surface area contributed by atoms with Crippen LogP contribution in [0, 0.1) is 0 Å². The Hall–Kier alpha value is -2.00. The molecule has 0 aliphatic heterocycles. The van der Waals surface area contributed by atoms with Gasteiger partial charge in [-0.15, -0.1) is 0 Å². The summed E-state index contributed by atoms with van der Waals surface area (Å²) in [5.74, 6) is 0.701. The van der Waals surface area contributed by atoms with Crippen LogP contribution in [0.15, 0.2) is 48.5 Å². The Labute approximate surface area is 129 Å². The first kappa shape index (κ1) is 15.4. The minimum atomic E-state index is -0.102. The average molecular weight is 304 g/mol. The minimum absolute atomic E-state index is 0.0286. The van der Waals surface area contributed by atoms with Gasteiger partial charge >= 0.3 is 0 Å². The smallest absolute Gasteiger partial charge is 0.251 e.